The smallest absolute Gasteiger partial charge is 0.407 e. The third-order valence-electron chi connectivity index (χ3n) is 3.46. The Bertz CT molecular complexity index is 862. The molecule has 168 valence electrons. The molecule has 0 radical (unpaired) electrons. The first kappa shape index (κ1) is 25.3. The van der Waals surface area contributed by atoms with Crippen LogP contribution < -0.4 is 5.32 Å². The van der Waals surface area contributed by atoms with E-state index < -0.39 is 49.8 Å². The Labute approximate surface area is 173 Å². The SMILES string of the molecule is COC(=O)[C@H](OS(=O)(=O)c1ccc([N+](=O)[O-])cc1)[C@@H](O)CCNC(=O)OC(C)(C)C. The van der Waals surface area contributed by atoms with E-state index in [9.17, 15) is 33.2 Å². The van der Waals surface area contributed by atoms with E-state index in [1.807, 2.05) is 0 Å². The lowest BCUT2D eigenvalue weighted by atomic mass is 10.1. The van der Waals surface area contributed by atoms with Gasteiger partial charge < -0.3 is 19.9 Å². The molecule has 1 rings (SSSR count). The number of ether oxygens (including phenoxy) is 2. The number of benzene rings is 1. The van der Waals surface area contributed by atoms with Gasteiger partial charge in [-0.1, -0.05) is 0 Å². The molecule has 1 aromatic carbocycles. The summed E-state index contributed by atoms with van der Waals surface area (Å²) in [6.45, 7) is 4.83. The second-order valence-electron chi connectivity index (χ2n) is 7.03. The van der Waals surface area contributed by atoms with Crippen molar-refractivity contribution in [3.05, 3.63) is 34.4 Å². The van der Waals surface area contributed by atoms with Gasteiger partial charge in [0.2, 0.25) is 0 Å². The van der Waals surface area contributed by atoms with Crippen LogP contribution in [0.15, 0.2) is 29.2 Å². The van der Waals surface area contributed by atoms with Crippen molar-refractivity contribution < 1.29 is 41.7 Å². The average Bonchev–Trinajstić information content (AvgIpc) is 2.64. The third kappa shape index (κ3) is 7.93. The summed E-state index contributed by atoms with van der Waals surface area (Å²) < 4.78 is 39.1. The van der Waals surface area contributed by atoms with Crippen LogP contribution in [-0.2, 0) is 28.6 Å². The Morgan fingerprint density at radius 3 is 2.27 bits per heavy atom. The highest BCUT2D eigenvalue weighted by molar-refractivity contribution is 7.86. The van der Waals surface area contributed by atoms with Crippen molar-refractivity contribution in [2.45, 2.75) is 49.9 Å². The molecule has 0 aromatic heterocycles. The highest BCUT2D eigenvalue weighted by atomic mass is 32.2. The van der Waals surface area contributed by atoms with Gasteiger partial charge in [0.1, 0.15) is 5.60 Å². The number of carbonyl (C=O) groups excluding carboxylic acids is 2. The highest BCUT2D eigenvalue weighted by Gasteiger charge is 2.34. The zero-order valence-corrected chi connectivity index (χ0v) is 17.7. The number of alkyl carbamates (subject to hydrolysis) is 1. The van der Waals surface area contributed by atoms with E-state index in [1.54, 1.807) is 20.8 Å². The van der Waals surface area contributed by atoms with Crippen LogP contribution in [0.3, 0.4) is 0 Å². The van der Waals surface area contributed by atoms with Gasteiger partial charge in [-0.2, -0.15) is 8.42 Å². The van der Waals surface area contributed by atoms with Crippen molar-refractivity contribution in [1.82, 2.24) is 5.32 Å². The first-order valence-corrected chi connectivity index (χ1v) is 10.1. The largest absolute Gasteiger partial charge is 0.467 e. The van der Waals surface area contributed by atoms with Crippen LogP contribution in [0, 0.1) is 10.1 Å². The molecule has 0 saturated heterocycles. The fourth-order valence-electron chi connectivity index (χ4n) is 2.09. The fraction of sp³-hybridized carbons (Fsp3) is 0.529. The van der Waals surface area contributed by atoms with Crippen LogP contribution in [-0.4, -0.2) is 62.0 Å². The number of nitrogens with one attached hydrogen (secondary N) is 1. The number of non-ortho nitro benzene ring substituents is 1. The van der Waals surface area contributed by atoms with Crippen LogP contribution in [0.25, 0.3) is 0 Å². The molecule has 2 N–H and O–H groups in total. The van der Waals surface area contributed by atoms with E-state index in [0.29, 0.717) is 0 Å². The molecule has 0 saturated carbocycles. The number of nitro groups is 1. The van der Waals surface area contributed by atoms with Crippen molar-refractivity contribution in [3.8, 4) is 0 Å². The Kier molecular flexibility index (Phi) is 8.69. The third-order valence-corrected chi connectivity index (χ3v) is 4.77. The number of hydrogen-bond donors (Lipinski definition) is 2. The maximum atomic E-state index is 12.4. The molecule has 2 atom stereocenters. The maximum absolute atomic E-state index is 12.4. The summed E-state index contributed by atoms with van der Waals surface area (Å²) in [5.74, 6) is -1.16. The summed E-state index contributed by atoms with van der Waals surface area (Å²) in [6.07, 6.45) is -4.59. The van der Waals surface area contributed by atoms with Gasteiger partial charge >= 0.3 is 12.1 Å². The molecule has 0 aliphatic carbocycles. The molecule has 0 fully saturated rings. The van der Waals surface area contributed by atoms with Gasteiger partial charge in [-0.25, -0.2) is 13.8 Å². The minimum atomic E-state index is -4.56. The first-order chi connectivity index (χ1) is 13.8. The van der Waals surface area contributed by atoms with E-state index in [2.05, 4.69) is 10.1 Å². The Morgan fingerprint density at radius 2 is 1.80 bits per heavy atom. The van der Waals surface area contributed by atoms with E-state index in [-0.39, 0.29) is 18.7 Å². The van der Waals surface area contributed by atoms with E-state index in [4.69, 9.17) is 8.92 Å². The van der Waals surface area contributed by atoms with E-state index in [0.717, 1.165) is 31.4 Å². The lowest BCUT2D eigenvalue weighted by Crippen LogP contribution is -2.41. The number of carbonyl (C=O) groups is 2. The molecular formula is C17H24N2O10S. The van der Waals surface area contributed by atoms with Gasteiger partial charge in [0.05, 0.1) is 23.0 Å². The predicted molar refractivity (Wildman–Crippen MR) is 102 cm³/mol. The average molecular weight is 448 g/mol. The topological polar surface area (TPSA) is 171 Å². The molecule has 0 bridgehead atoms. The monoisotopic (exact) mass is 448 g/mol. The lowest BCUT2D eigenvalue weighted by Gasteiger charge is -2.22. The van der Waals surface area contributed by atoms with Crippen LogP contribution in [0.1, 0.15) is 27.2 Å². The summed E-state index contributed by atoms with van der Waals surface area (Å²) in [7, 11) is -3.59. The number of methoxy groups -OCH3 is 1. The molecule has 30 heavy (non-hydrogen) atoms. The number of nitro benzene ring substituents is 1. The van der Waals surface area contributed by atoms with E-state index >= 15 is 0 Å². The van der Waals surface area contributed by atoms with Crippen LogP contribution in [0.2, 0.25) is 0 Å². The van der Waals surface area contributed by atoms with Gasteiger partial charge in [-0.3, -0.25) is 10.1 Å². The summed E-state index contributed by atoms with van der Waals surface area (Å²) in [5, 5.41) is 23.2. The minimum absolute atomic E-state index is 0.148. The van der Waals surface area contributed by atoms with E-state index in [1.165, 1.54) is 0 Å². The molecule has 0 unspecified atom stereocenters. The molecular weight excluding hydrogens is 424 g/mol. The van der Waals surface area contributed by atoms with Crippen molar-refractivity contribution >= 4 is 27.9 Å². The summed E-state index contributed by atoms with van der Waals surface area (Å²) in [6, 6.07) is 3.76. The van der Waals surface area contributed by atoms with Gasteiger partial charge in [0, 0.05) is 18.7 Å². The molecule has 0 spiro atoms. The number of amides is 1. The molecule has 13 heteroatoms. The second kappa shape index (κ2) is 10.3. The summed E-state index contributed by atoms with van der Waals surface area (Å²) in [4.78, 5) is 33.0. The minimum Gasteiger partial charge on any atom is -0.467 e. The molecule has 1 aromatic rings. The second-order valence-corrected chi connectivity index (χ2v) is 8.60. The fourth-order valence-corrected chi connectivity index (χ4v) is 3.15. The van der Waals surface area contributed by atoms with Crippen molar-refractivity contribution in [2.24, 2.45) is 0 Å². The standard InChI is InChI=1S/C17H24N2O10S/c1-17(2,3)28-16(22)18-10-9-13(20)14(15(21)27-4)29-30(25,26)12-7-5-11(6-8-12)19(23)24/h5-8,13-14,20H,9-10H2,1-4H3,(H,18,22)/t13-,14+/m0/s1. The predicted octanol–water partition coefficient (Wildman–Crippen LogP) is 1.12. The zero-order valence-electron chi connectivity index (χ0n) is 16.9. The molecule has 12 nitrogen and oxygen atoms in total. The van der Waals surface area contributed by atoms with Crippen molar-refractivity contribution in [1.29, 1.82) is 0 Å². The van der Waals surface area contributed by atoms with Gasteiger partial charge in [0.15, 0.2) is 6.10 Å². The first-order valence-electron chi connectivity index (χ1n) is 8.67. The number of esters is 1. The quantitative estimate of drug-likeness (QED) is 0.241. The lowest BCUT2D eigenvalue weighted by molar-refractivity contribution is -0.384. The van der Waals surface area contributed by atoms with Crippen LogP contribution in [0.5, 0.6) is 0 Å². The van der Waals surface area contributed by atoms with Crippen LogP contribution >= 0.6 is 0 Å². The van der Waals surface area contributed by atoms with Crippen molar-refractivity contribution in [2.75, 3.05) is 13.7 Å². The number of aliphatic hydroxyl groups excluding tert-OH is 1. The summed E-state index contributed by atoms with van der Waals surface area (Å²) >= 11 is 0. The van der Waals surface area contributed by atoms with Crippen molar-refractivity contribution in [3.63, 3.8) is 0 Å². The van der Waals surface area contributed by atoms with Gasteiger partial charge in [0.25, 0.3) is 15.8 Å². The molecule has 0 heterocycles. The Hall–Kier alpha value is -2.77. The molecule has 0 aliphatic rings. The Morgan fingerprint density at radius 1 is 1.23 bits per heavy atom. The van der Waals surface area contributed by atoms with Gasteiger partial charge in [-0.05, 0) is 39.3 Å². The van der Waals surface area contributed by atoms with Gasteiger partial charge in [-0.15, -0.1) is 0 Å². The van der Waals surface area contributed by atoms with Crippen LogP contribution in [0.4, 0.5) is 10.5 Å². The summed E-state index contributed by atoms with van der Waals surface area (Å²) in [5.41, 5.74) is -1.08. The number of hydrogen-bond acceptors (Lipinski definition) is 10. The maximum Gasteiger partial charge on any atom is 0.407 e. The number of nitrogens with zero attached hydrogens (tertiary/aromatic N) is 1. The molecule has 1 amide bonds. The normalized spacial score (nSPS) is 13.8. The molecule has 0 aliphatic heterocycles. The Balaban J connectivity index is 2.84. The number of aliphatic hydroxyl groups is 1. The number of rotatable bonds is 9. The highest BCUT2D eigenvalue weighted by Crippen LogP contribution is 2.20. The zero-order chi connectivity index (χ0) is 23.1.